The van der Waals surface area contributed by atoms with Gasteiger partial charge in [-0.1, -0.05) is 13.8 Å². The van der Waals surface area contributed by atoms with Crippen molar-refractivity contribution in [1.82, 2.24) is 9.47 Å². The van der Waals surface area contributed by atoms with E-state index in [1.807, 2.05) is 18.7 Å². The Labute approximate surface area is 268 Å². The predicted molar refractivity (Wildman–Crippen MR) is 167 cm³/mol. The molecule has 46 heavy (non-hydrogen) atoms. The van der Waals surface area contributed by atoms with Gasteiger partial charge in [-0.25, -0.2) is 19.0 Å². The van der Waals surface area contributed by atoms with E-state index < -0.39 is 34.9 Å². The number of fused-ring (bicyclic) bond motifs is 3. The number of rotatable bonds is 8. The van der Waals surface area contributed by atoms with Crippen molar-refractivity contribution in [2.45, 2.75) is 90.3 Å². The molecule has 6 aliphatic rings. The van der Waals surface area contributed by atoms with E-state index in [1.54, 1.807) is 10.6 Å². The average molecular weight is 644 g/mol. The van der Waals surface area contributed by atoms with Gasteiger partial charge >= 0.3 is 5.97 Å². The first kappa shape index (κ1) is 32.0. The first-order chi connectivity index (χ1) is 22.0. The van der Waals surface area contributed by atoms with Crippen molar-refractivity contribution >= 4 is 22.6 Å². The summed E-state index contributed by atoms with van der Waals surface area (Å²) in [4.78, 5) is 40.8. The van der Waals surface area contributed by atoms with E-state index in [2.05, 4.69) is 18.7 Å². The van der Waals surface area contributed by atoms with Crippen LogP contribution in [0.4, 0.5) is 10.1 Å². The first-order valence-corrected chi connectivity index (χ1v) is 16.9. The fourth-order valence-electron chi connectivity index (χ4n) is 8.82. The van der Waals surface area contributed by atoms with Crippen molar-refractivity contribution in [2.75, 3.05) is 44.2 Å². The maximum absolute atomic E-state index is 15.3. The van der Waals surface area contributed by atoms with E-state index in [1.165, 1.54) is 12.3 Å². The molecule has 1 spiro atoms. The number of hydrogen-bond donors (Lipinski definition) is 1. The Morgan fingerprint density at radius 2 is 1.89 bits per heavy atom. The van der Waals surface area contributed by atoms with Gasteiger partial charge in [-0.15, -0.1) is 0 Å². The lowest BCUT2D eigenvalue weighted by Gasteiger charge is -2.60. The molecule has 12 heteroatoms. The summed E-state index contributed by atoms with van der Waals surface area (Å²) in [6, 6.07) is 2.86. The van der Waals surface area contributed by atoms with E-state index in [0.717, 1.165) is 51.7 Å². The van der Waals surface area contributed by atoms with Gasteiger partial charge in [0.1, 0.15) is 11.4 Å². The summed E-state index contributed by atoms with van der Waals surface area (Å²) in [7, 11) is 0. The zero-order chi connectivity index (χ0) is 32.4. The number of nitrogens with zero attached hydrogens (tertiary/aromatic N) is 3. The van der Waals surface area contributed by atoms with E-state index in [4.69, 9.17) is 24.0 Å². The normalized spacial score (nSPS) is 36.1. The maximum atomic E-state index is 15.3. The van der Waals surface area contributed by atoms with Crippen LogP contribution < -0.4 is 10.3 Å². The zero-order valence-electron chi connectivity index (χ0n) is 27.2. The topological polar surface area (TPSA) is 112 Å². The van der Waals surface area contributed by atoms with Gasteiger partial charge in [-0.2, -0.15) is 0 Å². The third-order valence-electron chi connectivity index (χ3n) is 11.4. The first-order valence-electron chi connectivity index (χ1n) is 16.9. The third kappa shape index (κ3) is 5.25. The van der Waals surface area contributed by atoms with Crippen LogP contribution >= 0.6 is 0 Å². The number of aryl methyl sites for hydroxylation is 1. The van der Waals surface area contributed by atoms with Gasteiger partial charge in [0.05, 0.1) is 17.8 Å². The number of pyridine rings is 1. The Kier molecular flexibility index (Phi) is 8.42. The van der Waals surface area contributed by atoms with Crippen LogP contribution in [-0.2, 0) is 30.5 Å². The zero-order valence-corrected chi connectivity index (χ0v) is 27.2. The quantitative estimate of drug-likeness (QED) is 0.324. The van der Waals surface area contributed by atoms with Gasteiger partial charge in [-0.05, 0) is 63.5 Å². The second kappa shape index (κ2) is 12.1. The molecule has 11 nitrogen and oxygen atoms in total. The minimum atomic E-state index is -1.31. The third-order valence-corrected chi connectivity index (χ3v) is 11.4. The molecule has 2 unspecified atom stereocenters. The number of carbonyl (C=O) groups is 1. The number of aromatic nitrogens is 1. The lowest BCUT2D eigenvalue weighted by atomic mass is 9.58. The Hall–Kier alpha value is -2.61. The molecule has 0 amide bonds. The SMILES string of the molecule is CCn1cc(C(=O)O)c(=O)c2cc(F)c(N3CCN(CCCO[C@H]4O[C@@H]5O[C@]6(C)CCC7[C@H](C)CC[C@@H]([C@H]4C)C75OO6)CC3)cc21. The molecule has 0 radical (unpaired) electrons. The lowest BCUT2D eigenvalue weighted by molar-refractivity contribution is -0.577. The molecule has 2 bridgehead atoms. The van der Waals surface area contributed by atoms with Gasteiger partial charge in [0.25, 0.3) is 0 Å². The smallest absolute Gasteiger partial charge is 0.341 e. The molecular formula is C34H46FN3O8. The van der Waals surface area contributed by atoms with Gasteiger partial charge in [-0.3, -0.25) is 9.69 Å². The van der Waals surface area contributed by atoms with Crippen LogP contribution in [0, 0.1) is 29.5 Å². The van der Waals surface area contributed by atoms with Gasteiger partial charge in [0.2, 0.25) is 11.2 Å². The standard InChI is InChI=1S/C34H46FN3O8/c1-5-37-19-23(30(40)41)29(39)22-17-26(35)28(18-27(22)37)38-14-12-36(13-15-38)11-6-16-42-31-21(3)25-8-7-20(2)24-9-10-33(4)44-32(43-31)34(24,25)46-45-33/h17-21,24-25,31-32H,5-16H2,1-4H3,(H,40,41)/t20-,21-,24?,25+,31+,32-,33+,34?/m1/s1. The average Bonchev–Trinajstić information content (AvgIpc) is 3.27. The van der Waals surface area contributed by atoms with Crippen molar-refractivity contribution in [3.05, 3.63) is 39.9 Å². The summed E-state index contributed by atoms with van der Waals surface area (Å²) in [5, 5.41) is 9.51. The summed E-state index contributed by atoms with van der Waals surface area (Å²) in [5.41, 5.74) is -0.648. The number of hydrogen-bond acceptors (Lipinski definition) is 9. The molecule has 5 saturated heterocycles. The maximum Gasteiger partial charge on any atom is 0.341 e. The van der Waals surface area contributed by atoms with Crippen molar-refractivity contribution in [2.24, 2.45) is 23.7 Å². The molecule has 2 aromatic rings. The number of piperazine rings is 1. The molecule has 6 heterocycles. The monoisotopic (exact) mass is 643 g/mol. The number of carboxylic acids is 1. The molecule has 8 atom stereocenters. The van der Waals surface area contributed by atoms with E-state index >= 15 is 4.39 Å². The Morgan fingerprint density at radius 1 is 1.11 bits per heavy atom. The molecule has 1 saturated carbocycles. The van der Waals surface area contributed by atoms with Crippen LogP contribution in [0.3, 0.4) is 0 Å². The molecule has 1 aromatic carbocycles. The fourth-order valence-corrected chi connectivity index (χ4v) is 8.82. The Bertz CT molecular complexity index is 1540. The van der Waals surface area contributed by atoms with Gasteiger partial charge < -0.3 is 28.8 Å². The van der Waals surface area contributed by atoms with Crippen LogP contribution in [0.2, 0.25) is 0 Å². The molecule has 252 valence electrons. The Balaban J connectivity index is 0.946. The van der Waals surface area contributed by atoms with Gasteiger partial charge in [0, 0.05) is 69.1 Å². The molecule has 1 N–H and O–H groups in total. The highest BCUT2D eigenvalue weighted by atomic mass is 19.1. The Morgan fingerprint density at radius 3 is 2.63 bits per heavy atom. The molecular weight excluding hydrogens is 597 g/mol. The highest BCUT2D eigenvalue weighted by Crippen LogP contribution is 2.60. The van der Waals surface area contributed by atoms with Crippen molar-refractivity contribution in [1.29, 1.82) is 0 Å². The number of aromatic carboxylic acids is 1. The number of halogens is 1. The fraction of sp³-hybridized carbons (Fsp3) is 0.706. The predicted octanol–water partition coefficient (Wildman–Crippen LogP) is 4.60. The number of anilines is 1. The highest BCUT2D eigenvalue weighted by Gasteiger charge is 2.69. The summed E-state index contributed by atoms with van der Waals surface area (Å²) in [6.45, 7) is 13.0. The van der Waals surface area contributed by atoms with Crippen molar-refractivity contribution < 1.29 is 38.3 Å². The van der Waals surface area contributed by atoms with Gasteiger partial charge in [0.15, 0.2) is 18.2 Å². The minimum absolute atomic E-state index is 0.0825. The minimum Gasteiger partial charge on any atom is -0.477 e. The van der Waals surface area contributed by atoms with Crippen LogP contribution in [-0.4, -0.2) is 83.8 Å². The lowest BCUT2D eigenvalue weighted by Crippen LogP contribution is -2.70. The number of benzene rings is 1. The molecule has 1 aliphatic carbocycles. The molecule has 6 fully saturated rings. The second-order valence-corrected chi connectivity index (χ2v) is 14.1. The summed E-state index contributed by atoms with van der Waals surface area (Å²) >= 11 is 0. The number of carboxylic acid groups (broad SMARTS) is 1. The number of ether oxygens (including phenoxy) is 3. The van der Waals surface area contributed by atoms with E-state index in [-0.39, 0.29) is 29.1 Å². The van der Waals surface area contributed by atoms with E-state index in [9.17, 15) is 14.7 Å². The van der Waals surface area contributed by atoms with Crippen LogP contribution in [0.25, 0.3) is 10.9 Å². The molecule has 8 rings (SSSR count). The summed E-state index contributed by atoms with van der Waals surface area (Å²) in [6.07, 6.45) is 5.26. The largest absolute Gasteiger partial charge is 0.477 e. The highest BCUT2D eigenvalue weighted by molar-refractivity contribution is 5.93. The summed E-state index contributed by atoms with van der Waals surface area (Å²) in [5.74, 6) is -1.42. The summed E-state index contributed by atoms with van der Waals surface area (Å²) < 4.78 is 36.4. The van der Waals surface area contributed by atoms with Crippen LogP contribution in [0.1, 0.15) is 70.2 Å². The van der Waals surface area contributed by atoms with Crippen molar-refractivity contribution in [3.63, 3.8) is 0 Å². The van der Waals surface area contributed by atoms with Crippen LogP contribution in [0.5, 0.6) is 0 Å². The second-order valence-electron chi connectivity index (χ2n) is 14.1. The van der Waals surface area contributed by atoms with E-state index in [0.29, 0.717) is 49.3 Å². The molecule has 1 aromatic heterocycles. The van der Waals surface area contributed by atoms with Crippen LogP contribution in [0.15, 0.2) is 23.1 Å². The van der Waals surface area contributed by atoms with Crippen molar-refractivity contribution in [3.8, 4) is 0 Å². The molecule has 5 aliphatic heterocycles.